The van der Waals surface area contributed by atoms with Crippen LogP contribution < -0.4 is 5.32 Å². The van der Waals surface area contributed by atoms with Crippen LogP contribution >= 0.6 is 11.5 Å². The van der Waals surface area contributed by atoms with E-state index in [4.69, 9.17) is 0 Å². The first-order chi connectivity index (χ1) is 8.22. The van der Waals surface area contributed by atoms with Crippen molar-refractivity contribution in [2.75, 3.05) is 6.54 Å². The molecule has 0 saturated heterocycles. The Hall–Kier alpha value is -0.480. The van der Waals surface area contributed by atoms with E-state index in [9.17, 15) is 0 Å². The van der Waals surface area contributed by atoms with Crippen LogP contribution in [0.25, 0.3) is 0 Å². The van der Waals surface area contributed by atoms with Gasteiger partial charge in [-0.1, -0.05) is 38.1 Å². The first-order valence-corrected chi connectivity index (χ1v) is 7.52. The van der Waals surface area contributed by atoms with Crippen LogP contribution in [-0.4, -0.2) is 16.1 Å². The zero-order valence-corrected chi connectivity index (χ0v) is 12.3. The van der Waals surface area contributed by atoms with Gasteiger partial charge in [-0.2, -0.15) is 0 Å². The number of aromatic nitrogens is 2. The molecule has 1 heterocycles. The molecule has 1 aromatic rings. The van der Waals surface area contributed by atoms with Crippen molar-refractivity contribution in [3.63, 3.8) is 0 Å². The summed E-state index contributed by atoms with van der Waals surface area (Å²) in [5, 5.41) is 7.78. The molecule has 1 aromatic heterocycles. The average Bonchev–Trinajstić information content (AvgIpc) is 2.76. The Balaban J connectivity index is 2.70. The van der Waals surface area contributed by atoms with Crippen molar-refractivity contribution in [3.05, 3.63) is 10.6 Å². The van der Waals surface area contributed by atoms with E-state index in [1.807, 2.05) is 0 Å². The number of hydrogen-bond acceptors (Lipinski definition) is 4. The second-order valence-electron chi connectivity index (χ2n) is 4.65. The standard InChI is InChI=1S/C13H25N3S/c1-5-8-14-12(9-11(6-2)7-3)13-10(4)15-16-17-13/h11-12,14H,5-9H2,1-4H3. The second kappa shape index (κ2) is 7.77. The Labute approximate surface area is 109 Å². The lowest BCUT2D eigenvalue weighted by Gasteiger charge is -2.22. The van der Waals surface area contributed by atoms with E-state index in [0.29, 0.717) is 6.04 Å². The molecule has 0 saturated carbocycles. The van der Waals surface area contributed by atoms with Crippen LogP contribution in [0.15, 0.2) is 0 Å². The van der Waals surface area contributed by atoms with E-state index in [2.05, 4.69) is 42.6 Å². The molecule has 1 atom stereocenters. The van der Waals surface area contributed by atoms with Gasteiger partial charge in [0.2, 0.25) is 0 Å². The smallest absolute Gasteiger partial charge is 0.0772 e. The highest BCUT2D eigenvalue weighted by Crippen LogP contribution is 2.28. The molecule has 0 spiro atoms. The summed E-state index contributed by atoms with van der Waals surface area (Å²) in [5.74, 6) is 0.797. The predicted molar refractivity (Wildman–Crippen MR) is 74.4 cm³/mol. The van der Waals surface area contributed by atoms with Crippen LogP contribution in [-0.2, 0) is 0 Å². The van der Waals surface area contributed by atoms with Gasteiger partial charge in [0, 0.05) is 6.04 Å². The van der Waals surface area contributed by atoms with E-state index >= 15 is 0 Å². The first-order valence-electron chi connectivity index (χ1n) is 6.75. The van der Waals surface area contributed by atoms with Crippen molar-refractivity contribution >= 4 is 11.5 Å². The highest BCUT2D eigenvalue weighted by atomic mass is 32.1. The fourth-order valence-corrected chi connectivity index (χ4v) is 2.84. The first kappa shape index (κ1) is 14.6. The molecule has 0 radical (unpaired) electrons. The van der Waals surface area contributed by atoms with E-state index in [1.165, 1.54) is 30.6 Å². The van der Waals surface area contributed by atoms with Crippen molar-refractivity contribution < 1.29 is 0 Å². The maximum atomic E-state index is 4.13. The van der Waals surface area contributed by atoms with Gasteiger partial charge in [-0.25, -0.2) is 0 Å². The summed E-state index contributed by atoms with van der Waals surface area (Å²) in [6.45, 7) is 9.90. The molecule has 0 bridgehead atoms. The number of aryl methyl sites for hydroxylation is 1. The third-order valence-corrected chi connectivity index (χ3v) is 4.31. The Morgan fingerprint density at radius 1 is 1.24 bits per heavy atom. The maximum Gasteiger partial charge on any atom is 0.0772 e. The van der Waals surface area contributed by atoms with Crippen LogP contribution in [0.3, 0.4) is 0 Å². The predicted octanol–water partition coefficient (Wildman–Crippen LogP) is 3.71. The topological polar surface area (TPSA) is 37.8 Å². The summed E-state index contributed by atoms with van der Waals surface area (Å²) in [4.78, 5) is 1.32. The van der Waals surface area contributed by atoms with E-state index in [0.717, 1.165) is 18.2 Å². The fourth-order valence-electron chi connectivity index (χ4n) is 2.11. The van der Waals surface area contributed by atoms with Gasteiger partial charge >= 0.3 is 0 Å². The SMILES string of the molecule is CCCNC(CC(CC)CC)c1snnc1C. The minimum atomic E-state index is 0.444. The van der Waals surface area contributed by atoms with Gasteiger partial charge in [-0.05, 0) is 43.8 Å². The Morgan fingerprint density at radius 2 is 1.94 bits per heavy atom. The van der Waals surface area contributed by atoms with E-state index < -0.39 is 0 Å². The number of nitrogens with one attached hydrogen (secondary N) is 1. The van der Waals surface area contributed by atoms with E-state index in [1.54, 1.807) is 11.5 Å². The fraction of sp³-hybridized carbons (Fsp3) is 0.846. The molecule has 1 unspecified atom stereocenters. The van der Waals surface area contributed by atoms with Gasteiger partial charge < -0.3 is 5.32 Å². The maximum absolute atomic E-state index is 4.13. The Morgan fingerprint density at radius 3 is 2.41 bits per heavy atom. The monoisotopic (exact) mass is 255 g/mol. The molecule has 98 valence electrons. The highest BCUT2D eigenvalue weighted by Gasteiger charge is 2.19. The van der Waals surface area contributed by atoms with Gasteiger partial charge in [0.1, 0.15) is 0 Å². The molecule has 0 aromatic carbocycles. The molecular weight excluding hydrogens is 230 g/mol. The third kappa shape index (κ3) is 4.36. The number of hydrogen-bond donors (Lipinski definition) is 1. The summed E-state index contributed by atoms with van der Waals surface area (Å²) in [6.07, 6.45) is 4.89. The van der Waals surface area contributed by atoms with Crippen LogP contribution in [0.2, 0.25) is 0 Å². The molecular formula is C13H25N3S. The molecule has 0 fully saturated rings. The van der Waals surface area contributed by atoms with Gasteiger partial charge in [0.25, 0.3) is 0 Å². The van der Waals surface area contributed by atoms with Gasteiger partial charge in [-0.15, -0.1) is 5.10 Å². The zero-order chi connectivity index (χ0) is 12.7. The Bertz CT molecular complexity index is 307. The number of rotatable bonds is 8. The minimum Gasteiger partial charge on any atom is -0.309 e. The molecule has 0 aliphatic carbocycles. The summed E-state index contributed by atoms with van der Waals surface area (Å²) in [5.41, 5.74) is 1.09. The molecule has 1 N–H and O–H groups in total. The van der Waals surface area contributed by atoms with Crippen LogP contribution in [0.1, 0.15) is 63.1 Å². The third-order valence-electron chi connectivity index (χ3n) is 3.37. The second-order valence-corrected chi connectivity index (χ2v) is 5.43. The number of nitrogens with zero attached hydrogens (tertiary/aromatic N) is 2. The van der Waals surface area contributed by atoms with Crippen molar-refractivity contribution in [1.82, 2.24) is 14.9 Å². The molecule has 17 heavy (non-hydrogen) atoms. The van der Waals surface area contributed by atoms with Gasteiger partial charge in [0.15, 0.2) is 0 Å². The molecule has 0 aliphatic heterocycles. The van der Waals surface area contributed by atoms with Crippen molar-refractivity contribution in [2.24, 2.45) is 5.92 Å². The Kier molecular flexibility index (Phi) is 6.66. The van der Waals surface area contributed by atoms with Crippen LogP contribution in [0, 0.1) is 12.8 Å². The highest BCUT2D eigenvalue weighted by molar-refractivity contribution is 7.05. The summed E-state index contributed by atoms with van der Waals surface area (Å²) in [7, 11) is 0. The molecule has 4 heteroatoms. The minimum absolute atomic E-state index is 0.444. The van der Waals surface area contributed by atoms with Gasteiger partial charge in [-0.3, -0.25) is 0 Å². The van der Waals surface area contributed by atoms with Crippen LogP contribution in [0.4, 0.5) is 0 Å². The summed E-state index contributed by atoms with van der Waals surface area (Å²) >= 11 is 1.55. The summed E-state index contributed by atoms with van der Waals surface area (Å²) < 4.78 is 4.06. The lowest BCUT2D eigenvalue weighted by Crippen LogP contribution is -2.24. The van der Waals surface area contributed by atoms with Crippen molar-refractivity contribution in [2.45, 2.75) is 59.4 Å². The molecule has 3 nitrogen and oxygen atoms in total. The van der Waals surface area contributed by atoms with Crippen molar-refractivity contribution in [1.29, 1.82) is 0 Å². The quantitative estimate of drug-likeness (QED) is 0.769. The van der Waals surface area contributed by atoms with E-state index in [-0.39, 0.29) is 0 Å². The molecule has 0 amide bonds. The zero-order valence-electron chi connectivity index (χ0n) is 11.5. The lowest BCUT2D eigenvalue weighted by atomic mass is 9.93. The average molecular weight is 255 g/mol. The molecule has 0 aliphatic rings. The largest absolute Gasteiger partial charge is 0.309 e. The molecule has 1 rings (SSSR count). The summed E-state index contributed by atoms with van der Waals surface area (Å²) in [6, 6.07) is 0.444. The normalized spacial score (nSPS) is 13.2. The van der Waals surface area contributed by atoms with Crippen molar-refractivity contribution in [3.8, 4) is 0 Å². The lowest BCUT2D eigenvalue weighted by molar-refractivity contribution is 0.373. The van der Waals surface area contributed by atoms with Crippen LogP contribution in [0.5, 0.6) is 0 Å². The van der Waals surface area contributed by atoms with Gasteiger partial charge in [0.05, 0.1) is 10.6 Å².